The molecule has 0 bridgehead atoms. The summed E-state index contributed by atoms with van der Waals surface area (Å²) in [5.74, 6) is 1.48. The van der Waals surface area contributed by atoms with Gasteiger partial charge in [-0.05, 0) is 36.6 Å². The lowest BCUT2D eigenvalue weighted by Crippen LogP contribution is -2.07. The van der Waals surface area contributed by atoms with Gasteiger partial charge in [0.05, 0.1) is 6.61 Å². The van der Waals surface area contributed by atoms with Crippen LogP contribution in [-0.4, -0.2) is 26.4 Å². The van der Waals surface area contributed by atoms with E-state index < -0.39 is 0 Å². The smallest absolute Gasteiger partial charge is 0.119 e. The second-order valence-electron chi connectivity index (χ2n) is 4.68. The third-order valence-corrected chi connectivity index (χ3v) is 2.72. The molecule has 0 saturated heterocycles. The summed E-state index contributed by atoms with van der Waals surface area (Å²) in [6, 6.07) is 8.29. The average molecular weight is 251 g/mol. The van der Waals surface area contributed by atoms with Gasteiger partial charge in [0.25, 0.3) is 0 Å². The molecule has 0 aliphatic carbocycles. The molecule has 18 heavy (non-hydrogen) atoms. The standard InChI is InChI=1S/C15H25NO2/c1-13(2)14-6-3-7-15(12-14)18-11-5-10-17-9-4-8-16/h3,6-7,12-13H,4-5,8-11,16H2,1-2H3. The number of nitrogens with two attached hydrogens (primary N) is 1. The third-order valence-electron chi connectivity index (χ3n) is 2.72. The van der Waals surface area contributed by atoms with Crippen LogP contribution in [0.15, 0.2) is 24.3 Å². The molecule has 0 unspecified atom stereocenters. The maximum atomic E-state index is 5.70. The Bertz CT molecular complexity index is 326. The number of hydrogen-bond donors (Lipinski definition) is 1. The van der Waals surface area contributed by atoms with Gasteiger partial charge in [0.2, 0.25) is 0 Å². The van der Waals surface area contributed by atoms with Gasteiger partial charge >= 0.3 is 0 Å². The van der Waals surface area contributed by atoms with E-state index >= 15 is 0 Å². The molecule has 0 atom stereocenters. The van der Waals surface area contributed by atoms with Gasteiger partial charge < -0.3 is 15.2 Å². The Hall–Kier alpha value is -1.06. The zero-order valence-corrected chi connectivity index (χ0v) is 11.5. The maximum absolute atomic E-state index is 5.70. The molecular formula is C15H25NO2. The van der Waals surface area contributed by atoms with Crippen LogP contribution in [0.25, 0.3) is 0 Å². The van der Waals surface area contributed by atoms with Crippen molar-refractivity contribution < 1.29 is 9.47 Å². The minimum absolute atomic E-state index is 0.535. The van der Waals surface area contributed by atoms with Crippen molar-refractivity contribution in [3.63, 3.8) is 0 Å². The SMILES string of the molecule is CC(C)c1cccc(OCCCOCCCN)c1. The third kappa shape index (κ3) is 6.03. The minimum Gasteiger partial charge on any atom is -0.493 e. The van der Waals surface area contributed by atoms with Crippen LogP contribution in [0.2, 0.25) is 0 Å². The second-order valence-corrected chi connectivity index (χ2v) is 4.68. The Labute approximate surface area is 110 Å². The van der Waals surface area contributed by atoms with E-state index in [1.807, 2.05) is 12.1 Å². The molecule has 3 nitrogen and oxygen atoms in total. The lowest BCUT2D eigenvalue weighted by atomic mass is 10.0. The predicted molar refractivity (Wildman–Crippen MR) is 75.1 cm³/mol. The van der Waals surface area contributed by atoms with Gasteiger partial charge in [0.1, 0.15) is 5.75 Å². The van der Waals surface area contributed by atoms with Crippen molar-refractivity contribution >= 4 is 0 Å². The Balaban J connectivity index is 2.17. The van der Waals surface area contributed by atoms with Crippen LogP contribution in [0.1, 0.15) is 38.2 Å². The normalized spacial score (nSPS) is 10.9. The van der Waals surface area contributed by atoms with Crippen molar-refractivity contribution in [2.45, 2.75) is 32.6 Å². The summed E-state index contributed by atoms with van der Waals surface area (Å²) in [7, 11) is 0. The number of benzene rings is 1. The van der Waals surface area contributed by atoms with Crippen LogP contribution in [-0.2, 0) is 4.74 Å². The van der Waals surface area contributed by atoms with Crippen molar-refractivity contribution in [1.29, 1.82) is 0 Å². The Morgan fingerprint density at radius 3 is 2.61 bits per heavy atom. The molecule has 1 aromatic rings. The first kappa shape index (κ1) is 15.0. The average Bonchev–Trinajstić information content (AvgIpc) is 2.38. The number of ether oxygens (including phenoxy) is 2. The maximum Gasteiger partial charge on any atom is 0.119 e. The summed E-state index contributed by atoms with van der Waals surface area (Å²) in [6.45, 7) is 7.25. The fourth-order valence-corrected chi connectivity index (χ4v) is 1.60. The minimum atomic E-state index is 0.535. The van der Waals surface area contributed by atoms with Gasteiger partial charge in [-0.15, -0.1) is 0 Å². The van der Waals surface area contributed by atoms with E-state index in [0.29, 0.717) is 19.1 Å². The zero-order chi connectivity index (χ0) is 13.2. The Kier molecular flexibility index (Phi) is 7.46. The van der Waals surface area contributed by atoms with E-state index in [9.17, 15) is 0 Å². The molecule has 102 valence electrons. The van der Waals surface area contributed by atoms with Crippen LogP contribution in [0.4, 0.5) is 0 Å². The van der Waals surface area contributed by atoms with E-state index in [-0.39, 0.29) is 0 Å². The topological polar surface area (TPSA) is 44.5 Å². The summed E-state index contributed by atoms with van der Waals surface area (Å²) in [4.78, 5) is 0. The van der Waals surface area contributed by atoms with Crippen molar-refractivity contribution in [3.05, 3.63) is 29.8 Å². The van der Waals surface area contributed by atoms with Crippen molar-refractivity contribution in [1.82, 2.24) is 0 Å². The summed E-state index contributed by atoms with van der Waals surface area (Å²) >= 11 is 0. The van der Waals surface area contributed by atoms with Crippen molar-refractivity contribution in [2.24, 2.45) is 5.73 Å². The molecule has 0 saturated carbocycles. The molecule has 3 heteroatoms. The first-order valence-corrected chi connectivity index (χ1v) is 6.74. The molecule has 0 fully saturated rings. The molecule has 2 N–H and O–H groups in total. The van der Waals surface area contributed by atoms with Gasteiger partial charge in [-0.1, -0.05) is 26.0 Å². The van der Waals surface area contributed by atoms with Crippen molar-refractivity contribution in [2.75, 3.05) is 26.4 Å². The summed E-state index contributed by atoms with van der Waals surface area (Å²) in [5, 5.41) is 0. The predicted octanol–water partition coefficient (Wildman–Crippen LogP) is 2.94. The second kappa shape index (κ2) is 8.95. The Morgan fingerprint density at radius 1 is 1.11 bits per heavy atom. The highest BCUT2D eigenvalue weighted by Crippen LogP contribution is 2.20. The number of hydrogen-bond acceptors (Lipinski definition) is 3. The van der Waals surface area contributed by atoms with Gasteiger partial charge in [-0.2, -0.15) is 0 Å². The zero-order valence-electron chi connectivity index (χ0n) is 11.5. The van der Waals surface area contributed by atoms with E-state index in [1.165, 1.54) is 5.56 Å². The first-order chi connectivity index (χ1) is 8.74. The van der Waals surface area contributed by atoms with Crippen LogP contribution < -0.4 is 10.5 Å². The van der Waals surface area contributed by atoms with Crippen LogP contribution in [0, 0.1) is 0 Å². The lowest BCUT2D eigenvalue weighted by molar-refractivity contribution is 0.118. The molecule has 0 spiro atoms. The molecular weight excluding hydrogens is 226 g/mol. The summed E-state index contributed by atoms with van der Waals surface area (Å²) in [6.07, 6.45) is 1.84. The summed E-state index contributed by atoms with van der Waals surface area (Å²) < 4.78 is 11.1. The highest BCUT2D eigenvalue weighted by Gasteiger charge is 2.00. The molecule has 1 aromatic carbocycles. The van der Waals surface area contributed by atoms with Crippen LogP contribution in [0.3, 0.4) is 0 Å². The fraction of sp³-hybridized carbons (Fsp3) is 0.600. The van der Waals surface area contributed by atoms with Crippen LogP contribution in [0.5, 0.6) is 5.75 Å². The van der Waals surface area contributed by atoms with Gasteiger partial charge in [0.15, 0.2) is 0 Å². The van der Waals surface area contributed by atoms with Crippen molar-refractivity contribution in [3.8, 4) is 5.75 Å². The first-order valence-electron chi connectivity index (χ1n) is 6.74. The quantitative estimate of drug-likeness (QED) is 0.686. The fourth-order valence-electron chi connectivity index (χ4n) is 1.60. The monoisotopic (exact) mass is 251 g/mol. The molecule has 0 aromatic heterocycles. The molecule has 1 rings (SSSR count). The molecule has 0 aliphatic rings. The van der Waals surface area contributed by atoms with Gasteiger partial charge in [-0.3, -0.25) is 0 Å². The largest absolute Gasteiger partial charge is 0.493 e. The highest BCUT2D eigenvalue weighted by molar-refractivity contribution is 5.30. The van der Waals surface area contributed by atoms with Gasteiger partial charge in [0, 0.05) is 19.6 Å². The molecule has 0 heterocycles. The number of rotatable bonds is 9. The van der Waals surface area contributed by atoms with E-state index in [2.05, 4.69) is 26.0 Å². The lowest BCUT2D eigenvalue weighted by Gasteiger charge is -2.10. The van der Waals surface area contributed by atoms with E-state index in [0.717, 1.165) is 31.8 Å². The molecule has 0 amide bonds. The van der Waals surface area contributed by atoms with Gasteiger partial charge in [-0.25, -0.2) is 0 Å². The molecule has 0 radical (unpaired) electrons. The Morgan fingerprint density at radius 2 is 1.89 bits per heavy atom. The molecule has 0 aliphatic heterocycles. The van der Waals surface area contributed by atoms with E-state index in [4.69, 9.17) is 15.2 Å². The summed E-state index contributed by atoms with van der Waals surface area (Å²) in [5.41, 5.74) is 6.69. The highest BCUT2D eigenvalue weighted by atomic mass is 16.5. The van der Waals surface area contributed by atoms with E-state index in [1.54, 1.807) is 0 Å². The van der Waals surface area contributed by atoms with Crippen LogP contribution >= 0.6 is 0 Å².